The van der Waals surface area contributed by atoms with Gasteiger partial charge in [0.25, 0.3) is 0 Å². The Balaban J connectivity index is 2.15. The highest BCUT2D eigenvalue weighted by molar-refractivity contribution is 4.82. The SMILES string of the molecule is CC(C)COCCNC1CCCCC1C(C)C. The van der Waals surface area contributed by atoms with E-state index < -0.39 is 0 Å². The minimum absolute atomic E-state index is 0.646. The van der Waals surface area contributed by atoms with Crippen molar-refractivity contribution in [2.75, 3.05) is 19.8 Å². The predicted octanol–water partition coefficient (Wildman–Crippen LogP) is 3.46. The average molecular weight is 241 g/mol. The summed E-state index contributed by atoms with van der Waals surface area (Å²) in [5, 5.41) is 3.70. The normalized spacial score (nSPS) is 25.8. The van der Waals surface area contributed by atoms with Gasteiger partial charge in [0, 0.05) is 19.2 Å². The number of hydrogen-bond donors (Lipinski definition) is 1. The fourth-order valence-electron chi connectivity index (χ4n) is 2.85. The van der Waals surface area contributed by atoms with Crippen molar-refractivity contribution in [3.63, 3.8) is 0 Å². The molecule has 1 aliphatic rings. The van der Waals surface area contributed by atoms with E-state index in [1.54, 1.807) is 0 Å². The Morgan fingerprint density at radius 1 is 1.12 bits per heavy atom. The molecule has 0 aliphatic heterocycles. The third-order valence-corrected chi connectivity index (χ3v) is 3.78. The summed E-state index contributed by atoms with van der Waals surface area (Å²) < 4.78 is 5.62. The zero-order chi connectivity index (χ0) is 12.7. The van der Waals surface area contributed by atoms with Gasteiger partial charge in [0.2, 0.25) is 0 Å². The summed E-state index contributed by atoms with van der Waals surface area (Å²) in [7, 11) is 0. The summed E-state index contributed by atoms with van der Waals surface area (Å²) in [6, 6.07) is 0.728. The zero-order valence-corrected chi connectivity index (χ0v) is 12.2. The summed E-state index contributed by atoms with van der Waals surface area (Å²) in [6.07, 6.45) is 5.58. The summed E-state index contributed by atoms with van der Waals surface area (Å²) in [6.45, 7) is 11.9. The van der Waals surface area contributed by atoms with E-state index in [4.69, 9.17) is 4.74 Å². The van der Waals surface area contributed by atoms with Crippen LogP contribution in [0.4, 0.5) is 0 Å². The van der Waals surface area contributed by atoms with E-state index in [-0.39, 0.29) is 0 Å². The van der Waals surface area contributed by atoms with Crippen LogP contribution in [-0.2, 0) is 4.74 Å². The molecule has 1 aliphatic carbocycles. The van der Waals surface area contributed by atoms with Crippen molar-refractivity contribution in [1.29, 1.82) is 0 Å². The lowest BCUT2D eigenvalue weighted by atomic mass is 9.78. The van der Waals surface area contributed by atoms with Crippen molar-refractivity contribution in [2.24, 2.45) is 17.8 Å². The lowest BCUT2D eigenvalue weighted by Crippen LogP contribution is -2.42. The highest BCUT2D eigenvalue weighted by Gasteiger charge is 2.26. The van der Waals surface area contributed by atoms with E-state index >= 15 is 0 Å². The fourth-order valence-corrected chi connectivity index (χ4v) is 2.85. The van der Waals surface area contributed by atoms with Crippen LogP contribution >= 0.6 is 0 Å². The molecular weight excluding hydrogens is 210 g/mol. The smallest absolute Gasteiger partial charge is 0.0591 e. The molecule has 1 rings (SSSR count). The molecule has 2 atom stereocenters. The number of rotatable bonds is 7. The number of ether oxygens (including phenoxy) is 1. The molecule has 2 heteroatoms. The molecule has 1 N–H and O–H groups in total. The van der Waals surface area contributed by atoms with Crippen LogP contribution in [0.1, 0.15) is 53.4 Å². The largest absolute Gasteiger partial charge is 0.380 e. The maximum absolute atomic E-state index is 5.62. The third kappa shape index (κ3) is 5.87. The minimum atomic E-state index is 0.646. The van der Waals surface area contributed by atoms with E-state index in [9.17, 15) is 0 Å². The first-order valence-corrected chi connectivity index (χ1v) is 7.42. The van der Waals surface area contributed by atoms with Gasteiger partial charge in [-0.2, -0.15) is 0 Å². The van der Waals surface area contributed by atoms with Crippen molar-refractivity contribution < 1.29 is 4.74 Å². The van der Waals surface area contributed by atoms with Crippen molar-refractivity contribution in [3.8, 4) is 0 Å². The van der Waals surface area contributed by atoms with Gasteiger partial charge in [0.1, 0.15) is 0 Å². The van der Waals surface area contributed by atoms with Crippen molar-refractivity contribution in [2.45, 2.75) is 59.4 Å². The first kappa shape index (κ1) is 15.0. The van der Waals surface area contributed by atoms with E-state index in [1.165, 1.54) is 25.7 Å². The molecule has 1 fully saturated rings. The molecule has 102 valence electrons. The molecular formula is C15H31NO. The molecule has 0 aromatic rings. The highest BCUT2D eigenvalue weighted by atomic mass is 16.5. The van der Waals surface area contributed by atoms with E-state index in [0.717, 1.165) is 37.6 Å². The van der Waals surface area contributed by atoms with Crippen molar-refractivity contribution >= 4 is 0 Å². The van der Waals surface area contributed by atoms with Gasteiger partial charge in [-0.25, -0.2) is 0 Å². The fraction of sp³-hybridized carbons (Fsp3) is 1.00. The van der Waals surface area contributed by atoms with Gasteiger partial charge in [0.05, 0.1) is 6.61 Å². The summed E-state index contributed by atoms with van der Waals surface area (Å²) >= 11 is 0. The second-order valence-electron chi connectivity index (χ2n) is 6.22. The van der Waals surface area contributed by atoms with Gasteiger partial charge in [-0.05, 0) is 30.6 Å². The quantitative estimate of drug-likeness (QED) is 0.689. The lowest BCUT2D eigenvalue weighted by molar-refractivity contribution is 0.103. The van der Waals surface area contributed by atoms with Crippen molar-refractivity contribution in [3.05, 3.63) is 0 Å². The number of nitrogens with one attached hydrogen (secondary N) is 1. The Morgan fingerprint density at radius 2 is 1.82 bits per heavy atom. The second kappa shape index (κ2) is 8.10. The van der Waals surface area contributed by atoms with Crippen LogP contribution in [-0.4, -0.2) is 25.8 Å². The van der Waals surface area contributed by atoms with Crippen LogP contribution in [0.2, 0.25) is 0 Å². The van der Waals surface area contributed by atoms with Gasteiger partial charge in [-0.1, -0.05) is 40.5 Å². The van der Waals surface area contributed by atoms with Crippen LogP contribution in [0.25, 0.3) is 0 Å². The maximum Gasteiger partial charge on any atom is 0.0591 e. The molecule has 2 unspecified atom stereocenters. The maximum atomic E-state index is 5.62. The molecule has 1 saturated carbocycles. The topological polar surface area (TPSA) is 21.3 Å². The van der Waals surface area contributed by atoms with Crippen LogP contribution in [0.15, 0.2) is 0 Å². The Labute approximate surface area is 108 Å². The Kier molecular flexibility index (Phi) is 7.14. The minimum Gasteiger partial charge on any atom is -0.380 e. The standard InChI is InChI=1S/C15H31NO/c1-12(2)11-17-10-9-16-15-8-6-5-7-14(15)13(3)4/h12-16H,5-11H2,1-4H3. The zero-order valence-electron chi connectivity index (χ0n) is 12.2. The van der Waals surface area contributed by atoms with E-state index in [2.05, 4.69) is 33.0 Å². The Bertz CT molecular complexity index is 191. The molecule has 0 aromatic carbocycles. The molecule has 0 bridgehead atoms. The van der Waals surface area contributed by atoms with Gasteiger partial charge < -0.3 is 10.1 Å². The van der Waals surface area contributed by atoms with Crippen LogP contribution in [0, 0.1) is 17.8 Å². The first-order chi connectivity index (χ1) is 8.11. The van der Waals surface area contributed by atoms with Gasteiger partial charge in [0.15, 0.2) is 0 Å². The lowest BCUT2D eigenvalue weighted by Gasteiger charge is -2.35. The molecule has 0 radical (unpaired) electrons. The predicted molar refractivity (Wildman–Crippen MR) is 74.2 cm³/mol. The second-order valence-corrected chi connectivity index (χ2v) is 6.22. The van der Waals surface area contributed by atoms with Crippen LogP contribution in [0.5, 0.6) is 0 Å². The monoisotopic (exact) mass is 241 g/mol. The summed E-state index contributed by atoms with van der Waals surface area (Å²) in [5.41, 5.74) is 0. The molecule has 0 spiro atoms. The van der Waals surface area contributed by atoms with Crippen LogP contribution < -0.4 is 5.32 Å². The molecule has 0 heterocycles. The van der Waals surface area contributed by atoms with Crippen LogP contribution in [0.3, 0.4) is 0 Å². The van der Waals surface area contributed by atoms with Gasteiger partial charge in [-0.3, -0.25) is 0 Å². The molecule has 2 nitrogen and oxygen atoms in total. The van der Waals surface area contributed by atoms with Crippen molar-refractivity contribution in [1.82, 2.24) is 5.32 Å². The van der Waals surface area contributed by atoms with Gasteiger partial charge >= 0.3 is 0 Å². The Morgan fingerprint density at radius 3 is 2.47 bits per heavy atom. The van der Waals surface area contributed by atoms with Gasteiger partial charge in [-0.15, -0.1) is 0 Å². The summed E-state index contributed by atoms with van der Waals surface area (Å²) in [5.74, 6) is 2.33. The van der Waals surface area contributed by atoms with E-state index in [0.29, 0.717) is 5.92 Å². The molecule has 0 saturated heterocycles. The summed E-state index contributed by atoms with van der Waals surface area (Å²) in [4.78, 5) is 0. The Hall–Kier alpha value is -0.0800. The average Bonchev–Trinajstić information content (AvgIpc) is 2.28. The highest BCUT2D eigenvalue weighted by Crippen LogP contribution is 2.29. The van der Waals surface area contributed by atoms with E-state index in [1.807, 2.05) is 0 Å². The molecule has 17 heavy (non-hydrogen) atoms. The molecule has 0 amide bonds. The third-order valence-electron chi connectivity index (χ3n) is 3.78. The first-order valence-electron chi connectivity index (χ1n) is 7.42. The molecule has 0 aromatic heterocycles. The number of hydrogen-bond acceptors (Lipinski definition) is 2.